The fraction of sp³-hybridized carbons (Fsp3) is 0.857. The van der Waals surface area contributed by atoms with Gasteiger partial charge < -0.3 is 10.2 Å². The SMILES string of the molecule is CC(O)CC(C(=O)O)N(C)C. The van der Waals surface area contributed by atoms with Crippen LogP contribution in [-0.2, 0) is 4.79 Å². The molecule has 0 saturated heterocycles. The van der Waals surface area contributed by atoms with Gasteiger partial charge in [-0.3, -0.25) is 9.69 Å². The lowest BCUT2D eigenvalue weighted by Crippen LogP contribution is -2.37. The molecule has 0 aliphatic rings. The van der Waals surface area contributed by atoms with Crippen LogP contribution in [0.5, 0.6) is 0 Å². The normalized spacial score (nSPS) is 16.5. The van der Waals surface area contributed by atoms with E-state index in [2.05, 4.69) is 0 Å². The van der Waals surface area contributed by atoms with E-state index < -0.39 is 18.1 Å². The van der Waals surface area contributed by atoms with Crippen molar-refractivity contribution in [3.63, 3.8) is 0 Å². The Kier molecular flexibility index (Phi) is 4.07. The van der Waals surface area contributed by atoms with E-state index in [0.717, 1.165) is 0 Å². The molecule has 2 atom stereocenters. The molecular weight excluding hydrogens is 146 g/mol. The van der Waals surface area contributed by atoms with Gasteiger partial charge in [0.25, 0.3) is 0 Å². The number of carboxylic acids is 1. The van der Waals surface area contributed by atoms with E-state index in [9.17, 15) is 4.79 Å². The van der Waals surface area contributed by atoms with E-state index in [1.807, 2.05) is 0 Å². The van der Waals surface area contributed by atoms with Gasteiger partial charge in [-0.2, -0.15) is 0 Å². The number of carboxylic acid groups (broad SMARTS) is 1. The van der Waals surface area contributed by atoms with Gasteiger partial charge in [-0.15, -0.1) is 0 Å². The lowest BCUT2D eigenvalue weighted by molar-refractivity contribution is -0.143. The number of hydrogen-bond acceptors (Lipinski definition) is 3. The molecule has 0 aromatic carbocycles. The van der Waals surface area contributed by atoms with Crippen LogP contribution < -0.4 is 0 Å². The Labute approximate surface area is 66.4 Å². The first kappa shape index (κ1) is 10.4. The van der Waals surface area contributed by atoms with Gasteiger partial charge in [-0.1, -0.05) is 0 Å². The van der Waals surface area contributed by atoms with Gasteiger partial charge in [0.15, 0.2) is 0 Å². The lowest BCUT2D eigenvalue weighted by atomic mass is 10.1. The standard InChI is InChI=1S/C7H15NO3/c1-5(9)4-6(7(10)11)8(2)3/h5-6,9H,4H2,1-3H3,(H,10,11). The van der Waals surface area contributed by atoms with Gasteiger partial charge in [0.2, 0.25) is 0 Å². The van der Waals surface area contributed by atoms with Crippen LogP contribution in [-0.4, -0.2) is 47.3 Å². The molecule has 4 nitrogen and oxygen atoms in total. The average Bonchev–Trinajstić information content (AvgIpc) is 1.81. The molecule has 0 aliphatic carbocycles. The van der Waals surface area contributed by atoms with Crippen molar-refractivity contribution < 1.29 is 15.0 Å². The van der Waals surface area contributed by atoms with Crippen LogP contribution in [0.1, 0.15) is 13.3 Å². The summed E-state index contributed by atoms with van der Waals surface area (Å²) in [7, 11) is 3.36. The molecule has 2 unspecified atom stereocenters. The number of nitrogens with zero attached hydrogens (tertiary/aromatic N) is 1. The Hall–Kier alpha value is -0.610. The van der Waals surface area contributed by atoms with Crippen LogP contribution in [0.3, 0.4) is 0 Å². The first-order chi connectivity index (χ1) is 4.95. The van der Waals surface area contributed by atoms with Crippen LogP contribution in [0.4, 0.5) is 0 Å². The van der Waals surface area contributed by atoms with Crippen molar-refractivity contribution in [3.8, 4) is 0 Å². The molecule has 11 heavy (non-hydrogen) atoms. The highest BCUT2D eigenvalue weighted by molar-refractivity contribution is 5.73. The largest absolute Gasteiger partial charge is 0.480 e. The summed E-state index contributed by atoms with van der Waals surface area (Å²) in [6, 6.07) is -0.588. The zero-order chi connectivity index (χ0) is 9.02. The van der Waals surface area contributed by atoms with E-state index >= 15 is 0 Å². The van der Waals surface area contributed by atoms with Gasteiger partial charge in [0.05, 0.1) is 6.10 Å². The maximum absolute atomic E-state index is 10.5. The van der Waals surface area contributed by atoms with Gasteiger partial charge in [0.1, 0.15) is 6.04 Å². The van der Waals surface area contributed by atoms with Crippen LogP contribution in [0.2, 0.25) is 0 Å². The highest BCUT2D eigenvalue weighted by atomic mass is 16.4. The van der Waals surface area contributed by atoms with E-state index in [1.54, 1.807) is 25.9 Å². The summed E-state index contributed by atoms with van der Waals surface area (Å²) in [5, 5.41) is 17.6. The monoisotopic (exact) mass is 161 g/mol. The van der Waals surface area contributed by atoms with Crippen molar-refractivity contribution in [3.05, 3.63) is 0 Å². The molecule has 0 heterocycles. The van der Waals surface area contributed by atoms with E-state index in [1.165, 1.54) is 0 Å². The Morgan fingerprint density at radius 1 is 1.55 bits per heavy atom. The average molecular weight is 161 g/mol. The van der Waals surface area contributed by atoms with Crippen molar-refractivity contribution in [1.82, 2.24) is 4.90 Å². The van der Waals surface area contributed by atoms with Gasteiger partial charge in [0, 0.05) is 0 Å². The predicted octanol–water partition coefficient (Wildman–Crippen LogP) is -0.228. The summed E-state index contributed by atoms with van der Waals surface area (Å²) in [5.74, 6) is -0.893. The summed E-state index contributed by atoms with van der Waals surface area (Å²) >= 11 is 0. The maximum Gasteiger partial charge on any atom is 0.320 e. The lowest BCUT2D eigenvalue weighted by Gasteiger charge is -2.20. The van der Waals surface area contributed by atoms with Gasteiger partial charge in [-0.05, 0) is 27.4 Å². The number of hydrogen-bond donors (Lipinski definition) is 2. The number of aliphatic hydroxyl groups excluding tert-OH is 1. The van der Waals surface area contributed by atoms with Crippen LogP contribution in [0.15, 0.2) is 0 Å². The van der Waals surface area contributed by atoms with Gasteiger partial charge >= 0.3 is 5.97 Å². The third-order valence-corrected chi connectivity index (χ3v) is 1.47. The first-order valence-corrected chi connectivity index (χ1v) is 3.52. The molecule has 0 aromatic heterocycles. The highest BCUT2D eigenvalue weighted by Crippen LogP contribution is 2.03. The quantitative estimate of drug-likeness (QED) is 0.598. The maximum atomic E-state index is 10.5. The minimum absolute atomic E-state index is 0.266. The third-order valence-electron chi connectivity index (χ3n) is 1.47. The molecule has 0 bridgehead atoms. The van der Waals surface area contributed by atoms with Crippen molar-refractivity contribution in [2.24, 2.45) is 0 Å². The summed E-state index contributed by atoms with van der Waals surface area (Å²) < 4.78 is 0. The smallest absolute Gasteiger partial charge is 0.320 e. The first-order valence-electron chi connectivity index (χ1n) is 3.52. The Morgan fingerprint density at radius 2 is 2.00 bits per heavy atom. The summed E-state index contributed by atoms with van der Waals surface area (Å²) in [6.07, 6.45) is -0.305. The Balaban J connectivity index is 4.01. The molecule has 0 saturated carbocycles. The molecule has 0 aromatic rings. The number of rotatable bonds is 4. The second-order valence-corrected chi connectivity index (χ2v) is 2.90. The summed E-state index contributed by atoms with van der Waals surface area (Å²) in [5.41, 5.74) is 0. The number of aliphatic hydroxyl groups is 1. The predicted molar refractivity (Wildman–Crippen MR) is 41.4 cm³/mol. The molecular formula is C7H15NO3. The van der Waals surface area contributed by atoms with Crippen molar-refractivity contribution >= 4 is 5.97 Å². The molecule has 0 aliphatic heterocycles. The molecule has 66 valence electrons. The molecule has 0 amide bonds. The highest BCUT2D eigenvalue weighted by Gasteiger charge is 2.21. The minimum Gasteiger partial charge on any atom is -0.480 e. The Morgan fingerprint density at radius 3 is 2.09 bits per heavy atom. The number of carbonyl (C=O) groups is 1. The zero-order valence-electron chi connectivity index (χ0n) is 7.11. The minimum atomic E-state index is -0.893. The van der Waals surface area contributed by atoms with Crippen LogP contribution in [0, 0.1) is 0 Å². The molecule has 2 N–H and O–H groups in total. The summed E-state index contributed by atoms with van der Waals surface area (Å²) in [6.45, 7) is 1.58. The molecule has 0 radical (unpaired) electrons. The Bertz CT molecular complexity index is 134. The fourth-order valence-electron chi connectivity index (χ4n) is 0.856. The second kappa shape index (κ2) is 4.31. The number of likely N-dealkylation sites (N-methyl/N-ethyl adjacent to an activating group) is 1. The van der Waals surface area contributed by atoms with Crippen molar-refractivity contribution in [1.29, 1.82) is 0 Å². The van der Waals surface area contributed by atoms with E-state index in [-0.39, 0.29) is 6.42 Å². The molecule has 0 fully saturated rings. The van der Waals surface area contributed by atoms with Gasteiger partial charge in [-0.25, -0.2) is 0 Å². The van der Waals surface area contributed by atoms with Crippen molar-refractivity contribution in [2.45, 2.75) is 25.5 Å². The van der Waals surface area contributed by atoms with E-state index in [0.29, 0.717) is 0 Å². The zero-order valence-corrected chi connectivity index (χ0v) is 7.11. The fourth-order valence-corrected chi connectivity index (χ4v) is 0.856. The van der Waals surface area contributed by atoms with Crippen LogP contribution >= 0.6 is 0 Å². The van der Waals surface area contributed by atoms with Crippen molar-refractivity contribution in [2.75, 3.05) is 14.1 Å². The molecule has 4 heteroatoms. The molecule has 0 rings (SSSR count). The second-order valence-electron chi connectivity index (χ2n) is 2.90. The number of aliphatic carboxylic acids is 1. The van der Waals surface area contributed by atoms with Crippen LogP contribution in [0.25, 0.3) is 0 Å². The summed E-state index contributed by atoms with van der Waals surface area (Å²) in [4.78, 5) is 12.1. The topological polar surface area (TPSA) is 60.8 Å². The molecule has 0 spiro atoms. The third kappa shape index (κ3) is 3.95. The van der Waals surface area contributed by atoms with E-state index in [4.69, 9.17) is 10.2 Å².